The fourth-order valence-corrected chi connectivity index (χ4v) is 1.52. The van der Waals surface area contributed by atoms with E-state index in [4.69, 9.17) is 0 Å². The van der Waals surface area contributed by atoms with Gasteiger partial charge in [0.25, 0.3) is 0 Å². The van der Waals surface area contributed by atoms with Crippen molar-refractivity contribution < 1.29 is 4.79 Å². The van der Waals surface area contributed by atoms with E-state index < -0.39 is 0 Å². The van der Waals surface area contributed by atoms with Gasteiger partial charge in [0, 0.05) is 19.0 Å². The van der Waals surface area contributed by atoms with Crippen molar-refractivity contribution in [1.82, 2.24) is 10.6 Å². The predicted molar refractivity (Wildman–Crippen MR) is 60.7 cm³/mol. The SMILES string of the molecule is CC(C)C(=O)NCC1(C)CCNC1.Cl. The summed E-state index contributed by atoms with van der Waals surface area (Å²) in [4.78, 5) is 11.3. The highest BCUT2D eigenvalue weighted by Crippen LogP contribution is 2.22. The maximum atomic E-state index is 11.3. The van der Waals surface area contributed by atoms with E-state index >= 15 is 0 Å². The fourth-order valence-electron chi connectivity index (χ4n) is 1.52. The largest absolute Gasteiger partial charge is 0.355 e. The Kier molecular flexibility index (Phi) is 5.45. The van der Waals surface area contributed by atoms with E-state index in [0.29, 0.717) is 0 Å². The number of amides is 1. The first-order chi connectivity index (χ1) is 6.03. The molecule has 0 aliphatic carbocycles. The normalized spacial score (nSPS) is 26.0. The van der Waals surface area contributed by atoms with Crippen molar-refractivity contribution in [3.05, 3.63) is 0 Å². The van der Waals surface area contributed by atoms with Gasteiger partial charge in [-0.1, -0.05) is 20.8 Å². The molecular formula is C10H21ClN2O. The van der Waals surface area contributed by atoms with E-state index in [0.717, 1.165) is 26.1 Å². The molecule has 1 atom stereocenters. The van der Waals surface area contributed by atoms with Gasteiger partial charge in [0.05, 0.1) is 0 Å². The first kappa shape index (κ1) is 13.7. The van der Waals surface area contributed by atoms with Crippen LogP contribution in [0.2, 0.25) is 0 Å². The van der Waals surface area contributed by atoms with Crippen LogP contribution in [0.5, 0.6) is 0 Å². The molecule has 1 saturated heterocycles. The van der Waals surface area contributed by atoms with Crippen molar-refractivity contribution in [2.45, 2.75) is 27.2 Å². The highest BCUT2D eigenvalue weighted by molar-refractivity contribution is 5.85. The maximum Gasteiger partial charge on any atom is 0.222 e. The average molecular weight is 221 g/mol. The lowest BCUT2D eigenvalue weighted by Gasteiger charge is -2.23. The molecule has 1 heterocycles. The summed E-state index contributed by atoms with van der Waals surface area (Å²) in [6, 6.07) is 0. The molecule has 2 N–H and O–H groups in total. The molecule has 1 unspecified atom stereocenters. The lowest BCUT2D eigenvalue weighted by atomic mass is 9.90. The molecule has 84 valence electrons. The quantitative estimate of drug-likeness (QED) is 0.750. The van der Waals surface area contributed by atoms with Crippen molar-refractivity contribution in [2.75, 3.05) is 19.6 Å². The summed E-state index contributed by atoms with van der Waals surface area (Å²) in [5.41, 5.74) is 0.268. The van der Waals surface area contributed by atoms with E-state index in [1.165, 1.54) is 0 Å². The average Bonchev–Trinajstić information content (AvgIpc) is 2.48. The van der Waals surface area contributed by atoms with Crippen LogP contribution < -0.4 is 10.6 Å². The Morgan fingerprint density at radius 2 is 2.21 bits per heavy atom. The Morgan fingerprint density at radius 1 is 1.57 bits per heavy atom. The third-order valence-corrected chi connectivity index (χ3v) is 2.67. The molecule has 0 saturated carbocycles. The van der Waals surface area contributed by atoms with Gasteiger partial charge < -0.3 is 10.6 Å². The van der Waals surface area contributed by atoms with E-state index in [9.17, 15) is 4.79 Å². The fraction of sp³-hybridized carbons (Fsp3) is 0.900. The van der Waals surface area contributed by atoms with Gasteiger partial charge in [0.15, 0.2) is 0 Å². The number of hydrogen-bond donors (Lipinski definition) is 2. The molecule has 0 radical (unpaired) electrons. The standard InChI is InChI=1S/C10H20N2O.ClH/c1-8(2)9(13)12-7-10(3)4-5-11-6-10;/h8,11H,4-7H2,1-3H3,(H,12,13);1H. The van der Waals surface area contributed by atoms with Gasteiger partial charge >= 0.3 is 0 Å². The van der Waals surface area contributed by atoms with Gasteiger partial charge in [-0.25, -0.2) is 0 Å². The summed E-state index contributed by atoms with van der Waals surface area (Å²) in [7, 11) is 0. The summed E-state index contributed by atoms with van der Waals surface area (Å²) in [6.45, 7) is 8.96. The second kappa shape index (κ2) is 5.56. The Morgan fingerprint density at radius 3 is 2.64 bits per heavy atom. The van der Waals surface area contributed by atoms with Crippen LogP contribution in [-0.4, -0.2) is 25.5 Å². The van der Waals surface area contributed by atoms with Crippen LogP contribution in [0, 0.1) is 11.3 Å². The molecular weight excluding hydrogens is 200 g/mol. The third-order valence-electron chi connectivity index (χ3n) is 2.67. The van der Waals surface area contributed by atoms with Gasteiger partial charge in [-0.05, 0) is 18.4 Å². The van der Waals surface area contributed by atoms with Crippen LogP contribution in [0.1, 0.15) is 27.2 Å². The van der Waals surface area contributed by atoms with Crippen molar-refractivity contribution in [3.8, 4) is 0 Å². The second-order valence-corrected chi connectivity index (χ2v) is 4.61. The Labute approximate surface area is 92.4 Å². The lowest BCUT2D eigenvalue weighted by molar-refractivity contribution is -0.124. The minimum atomic E-state index is 0. The molecule has 0 aromatic rings. The minimum absolute atomic E-state index is 0. The van der Waals surface area contributed by atoms with Crippen LogP contribution in [0.25, 0.3) is 0 Å². The smallest absolute Gasteiger partial charge is 0.222 e. The summed E-state index contributed by atoms with van der Waals surface area (Å²) in [5.74, 6) is 0.256. The molecule has 0 bridgehead atoms. The molecule has 3 nitrogen and oxygen atoms in total. The molecule has 0 aromatic heterocycles. The molecule has 1 fully saturated rings. The predicted octanol–water partition coefficient (Wildman–Crippen LogP) is 1.18. The number of halogens is 1. The monoisotopic (exact) mass is 220 g/mol. The molecule has 14 heavy (non-hydrogen) atoms. The van der Waals surface area contributed by atoms with E-state index in [-0.39, 0.29) is 29.6 Å². The number of carbonyl (C=O) groups is 1. The molecule has 1 rings (SSSR count). The zero-order valence-corrected chi connectivity index (χ0v) is 10.0. The van der Waals surface area contributed by atoms with Crippen LogP contribution in [0.3, 0.4) is 0 Å². The van der Waals surface area contributed by atoms with E-state index in [1.54, 1.807) is 0 Å². The number of nitrogens with one attached hydrogen (secondary N) is 2. The second-order valence-electron chi connectivity index (χ2n) is 4.61. The van der Waals surface area contributed by atoms with Crippen LogP contribution in [-0.2, 0) is 4.79 Å². The highest BCUT2D eigenvalue weighted by Gasteiger charge is 2.28. The first-order valence-corrected chi connectivity index (χ1v) is 5.02. The van der Waals surface area contributed by atoms with Crippen LogP contribution >= 0.6 is 12.4 Å². The topological polar surface area (TPSA) is 41.1 Å². The molecule has 4 heteroatoms. The zero-order chi connectivity index (χ0) is 9.90. The van der Waals surface area contributed by atoms with Crippen molar-refractivity contribution in [1.29, 1.82) is 0 Å². The summed E-state index contributed by atoms with van der Waals surface area (Å²) >= 11 is 0. The van der Waals surface area contributed by atoms with Gasteiger partial charge in [-0.15, -0.1) is 12.4 Å². The van der Waals surface area contributed by atoms with Crippen LogP contribution in [0.4, 0.5) is 0 Å². The van der Waals surface area contributed by atoms with Gasteiger partial charge in [0.1, 0.15) is 0 Å². The van der Waals surface area contributed by atoms with Crippen molar-refractivity contribution in [3.63, 3.8) is 0 Å². The molecule has 1 aliphatic rings. The highest BCUT2D eigenvalue weighted by atomic mass is 35.5. The summed E-state index contributed by atoms with van der Waals surface area (Å²) in [6.07, 6.45) is 1.16. The van der Waals surface area contributed by atoms with Crippen molar-refractivity contribution in [2.24, 2.45) is 11.3 Å². The Bertz CT molecular complexity index is 189. The van der Waals surface area contributed by atoms with Crippen LogP contribution in [0.15, 0.2) is 0 Å². The number of carbonyl (C=O) groups excluding carboxylic acids is 1. The Hall–Kier alpha value is -0.280. The minimum Gasteiger partial charge on any atom is -0.355 e. The molecule has 1 aliphatic heterocycles. The summed E-state index contributed by atoms with van der Waals surface area (Å²) < 4.78 is 0. The third kappa shape index (κ3) is 3.84. The van der Waals surface area contributed by atoms with Crippen molar-refractivity contribution >= 4 is 18.3 Å². The van der Waals surface area contributed by atoms with E-state index in [1.807, 2.05) is 13.8 Å². The lowest BCUT2D eigenvalue weighted by Crippen LogP contribution is -2.38. The van der Waals surface area contributed by atoms with Gasteiger partial charge in [-0.3, -0.25) is 4.79 Å². The van der Waals surface area contributed by atoms with Gasteiger partial charge in [0.2, 0.25) is 5.91 Å². The maximum absolute atomic E-state index is 11.3. The van der Waals surface area contributed by atoms with Gasteiger partial charge in [-0.2, -0.15) is 0 Å². The number of hydrogen-bond acceptors (Lipinski definition) is 2. The molecule has 1 amide bonds. The molecule has 0 spiro atoms. The Balaban J connectivity index is 0.00000169. The molecule has 0 aromatic carbocycles. The summed E-state index contributed by atoms with van der Waals surface area (Å²) in [5, 5.41) is 6.30. The first-order valence-electron chi connectivity index (χ1n) is 5.02. The van der Waals surface area contributed by atoms with E-state index in [2.05, 4.69) is 17.6 Å². The number of rotatable bonds is 3. The zero-order valence-electron chi connectivity index (χ0n) is 9.22.